The Bertz CT molecular complexity index is 533. The van der Waals surface area contributed by atoms with E-state index in [4.69, 9.17) is 28.0 Å². The Morgan fingerprint density at radius 1 is 0.917 bits per heavy atom. The number of benzene rings is 1. The number of rotatable bonds is 2. The van der Waals surface area contributed by atoms with Gasteiger partial charge in [0.15, 0.2) is 0 Å². The van der Waals surface area contributed by atoms with Gasteiger partial charge in [0.05, 0.1) is 0 Å². The second-order valence-corrected chi connectivity index (χ2v) is 3.42. The quantitative estimate of drug-likeness (QED) is 0.446. The number of aryl methyl sites for hydroxylation is 1. The molecule has 0 N–H and O–H groups in total. The molecular weight excluding hydrogens is 352 g/mol. The Morgan fingerprint density at radius 3 is 1.62 bits per heavy atom. The fourth-order valence-corrected chi connectivity index (χ4v) is 1.19. The molecule has 0 unspecified atom stereocenters. The molecule has 1 aromatic carbocycles. The fourth-order valence-electron chi connectivity index (χ4n) is 0.927. The van der Waals surface area contributed by atoms with Crippen molar-refractivity contribution < 1.29 is 43.8 Å². The van der Waals surface area contributed by atoms with Crippen molar-refractivity contribution in [3.63, 3.8) is 0 Å². The van der Waals surface area contributed by atoms with E-state index in [-0.39, 0.29) is 0 Å². The fraction of sp³-hybridized carbons (Fsp3) is 0.176. The molecule has 0 aliphatic heterocycles. The molecule has 122 valence electrons. The Balaban J connectivity index is -0.000000103. The summed E-state index contributed by atoms with van der Waals surface area (Å²) in [6, 6.07) is 8.09. The third-order valence-corrected chi connectivity index (χ3v) is 1.98. The van der Waals surface area contributed by atoms with Crippen LogP contribution in [-0.4, -0.2) is 11.2 Å². The van der Waals surface area contributed by atoms with Crippen molar-refractivity contribution in [1.29, 1.82) is 0 Å². The van der Waals surface area contributed by atoms with Crippen LogP contribution in [0.2, 0.25) is 0 Å². The number of ether oxygens (including phenoxy) is 1. The zero-order valence-corrected chi connectivity index (χ0v) is 14.1. The first-order valence-electron chi connectivity index (χ1n) is 5.50. The second-order valence-electron chi connectivity index (χ2n) is 2.84. The standard InChI is InChI=1S/C12H12O.5CO.Cr/c1-3-13-10-4-5-12-8-6-11(2)7-9-12;5*1-2;/h6-9H,3H2,1-2H3;;;;;;. The molecule has 0 saturated carbocycles. The molecular formula is C17H12CrO6. The van der Waals surface area contributed by atoms with E-state index < -0.39 is 0 Å². The molecule has 0 radical (unpaired) electrons. The van der Waals surface area contributed by atoms with Crippen LogP contribution >= 0.6 is 0 Å². The van der Waals surface area contributed by atoms with Crippen LogP contribution < -0.4 is 0 Å². The van der Waals surface area contributed by atoms with E-state index in [1.165, 1.54) is 5.56 Å². The van der Waals surface area contributed by atoms with E-state index >= 15 is 0 Å². The third-order valence-electron chi connectivity index (χ3n) is 1.64. The van der Waals surface area contributed by atoms with Crippen molar-refractivity contribution in [2.24, 2.45) is 0 Å². The molecule has 0 spiro atoms. The summed E-state index contributed by atoms with van der Waals surface area (Å²) >= 11 is 2.78. The van der Waals surface area contributed by atoms with Gasteiger partial charge in [0.2, 0.25) is 0 Å². The molecule has 0 atom stereocenters. The van der Waals surface area contributed by atoms with E-state index in [0.717, 1.165) is 5.56 Å². The average molecular weight is 364 g/mol. The molecule has 0 aliphatic carbocycles. The van der Waals surface area contributed by atoms with Gasteiger partial charge in [-0.05, 0) is 0 Å². The van der Waals surface area contributed by atoms with Crippen molar-refractivity contribution >= 4 is 4.57 Å². The van der Waals surface area contributed by atoms with Crippen LogP contribution in [0.3, 0.4) is 0 Å². The van der Waals surface area contributed by atoms with Crippen LogP contribution in [0.4, 0.5) is 0 Å². The minimum atomic E-state index is 0.644. The van der Waals surface area contributed by atoms with Crippen LogP contribution in [0, 0.1) is 52.0 Å². The minimum absolute atomic E-state index is 0.644. The monoisotopic (exact) mass is 364 g/mol. The molecule has 1 aromatic rings. The first-order valence-corrected chi connectivity index (χ1v) is 6.13. The van der Waals surface area contributed by atoms with Gasteiger partial charge in [-0.2, -0.15) is 0 Å². The van der Waals surface area contributed by atoms with Gasteiger partial charge in [0.25, 0.3) is 0 Å². The van der Waals surface area contributed by atoms with Gasteiger partial charge in [-0.25, -0.2) is 0 Å². The first kappa shape index (κ1) is 33.4. The average Bonchev–Trinajstić information content (AvgIpc) is 2.69. The van der Waals surface area contributed by atoms with E-state index in [0.29, 0.717) is 11.2 Å². The zero-order valence-electron chi connectivity index (χ0n) is 12.9. The molecule has 7 heteroatoms. The Hall–Kier alpha value is -2.16. The summed E-state index contributed by atoms with van der Waals surface area (Å²) in [5.74, 6) is 5.92. The Labute approximate surface area is 149 Å². The number of hydrogen-bond acceptors (Lipinski definition) is 1. The third kappa shape index (κ3) is 28.1. The summed E-state index contributed by atoms with van der Waals surface area (Å²) in [5.41, 5.74) is 2.25. The van der Waals surface area contributed by atoms with Gasteiger partial charge in [0, 0.05) is 0 Å². The van der Waals surface area contributed by atoms with Gasteiger partial charge in [-0.1, -0.05) is 0 Å². The maximum atomic E-state index is 7.50. The van der Waals surface area contributed by atoms with Crippen molar-refractivity contribution in [3.05, 3.63) is 68.6 Å². The predicted molar refractivity (Wildman–Crippen MR) is 74.3 cm³/mol. The van der Waals surface area contributed by atoms with Gasteiger partial charge < -0.3 is 0 Å². The van der Waals surface area contributed by atoms with Crippen LogP contribution in [-0.2, 0) is 43.8 Å². The van der Waals surface area contributed by atoms with E-state index in [2.05, 4.69) is 67.9 Å². The molecule has 6 nitrogen and oxygen atoms in total. The SMILES string of the molecule is CCO[C](=[Cr])C#Cc1ccc(C)cc1.[C-]#[O+].[C-]#[O+].[C-]#[O+].[C-]#[O+].[C-]#[O+]. The molecule has 0 aromatic heterocycles. The van der Waals surface area contributed by atoms with E-state index in [1.54, 1.807) is 0 Å². The van der Waals surface area contributed by atoms with Crippen molar-refractivity contribution in [3.8, 4) is 11.8 Å². The van der Waals surface area contributed by atoms with Crippen LogP contribution in [0.15, 0.2) is 24.3 Å². The summed E-state index contributed by atoms with van der Waals surface area (Å²) < 4.78 is 43.3. The van der Waals surface area contributed by atoms with Crippen LogP contribution in [0.5, 0.6) is 0 Å². The van der Waals surface area contributed by atoms with Crippen molar-refractivity contribution in [1.82, 2.24) is 0 Å². The van der Waals surface area contributed by atoms with Crippen LogP contribution in [0.1, 0.15) is 18.1 Å². The Morgan fingerprint density at radius 2 is 1.29 bits per heavy atom. The van der Waals surface area contributed by atoms with Gasteiger partial charge >= 0.3 is 149 Å². The van der Waals surface area contributed by atoms with Gasteiger partial charge in [-0.15, -0.1) is 0 Å². The maximum absolute atomic E-state index is 7.50. The molecule has 0 aliphatic rings. The summed E-state index contributed by atoms with van der Waals surface area (Å²) in [6.07, 6.45) is 0. The topological polar surface area (TPSA) is 109 Å². The predicted octanol–water partition coefficient (Wildman–Crippen LogP) is 1.87. The Kier molecular flexibility index (Phi) is 51.9. The zero-order chi connectivity index (χ0) is 20.4. The first-order chi connectivity index (χ1) is 11.7. The van der Waals surface area contributed by atoms with Crippen molar-refractivity contribution in [2.75, 3.05) is 6.61 Å². The molecule has 0 amide bonds. The van der Waals surface area contributed by atoms with Gasteiger partial charge in [-0.3, -0.25) is 0 Å². The summed E-state index contributed by atoms with van der Waals surface area (Å²) in [5, 5.41) is 0. The summed E-state index contributed by atoms with van der Waals surface area (Å²) in [4.78, 5) is 0. The van der Waals surface area contributed by atoms with E-state index in [9.17, 15) is 0 Å². The van der Waals surface area contributed by atoms with Crippen molar-refractivity contribution in [2.45, 2.75) is 13.8 Å². The molecule has 0 saturated heterocycles. The van der Waals surface area contributed by atoms with Gasteiger partial charge in [0.1, 0.15) is 0 Å². The number of hydrogen-bond donors (Lipinski definition) is 0. The molecule has 0 bridgehead atoms. The molecule has 1 rings (SSSR count). The second kappa shape index (κ2) is 37.3. The summed E-state index contributed by atoms with van der Waals surface area (Å²) in [7, 11) is 0. The summed E-state index contributed by atoms with van der Waals surface area (Å²) in [6.45, 7) is 27.1. The molecule has 0 fully saturated rings. The normalized spacial score (nSPS) is 5.67. The van der Waals surface area contributed by atoms with Crippen LogP contribution in [0.25, 0.3) is 0 Å². The van der Waals surface area contributed by atoms with E-state index in [1.807, 2.05) is 31.2 Å². The molecule has 24 heavy (non-hydrogen) atoms. The molecule has 0 heterocycles.